The summed E-state index contributed by atoms with van der Waals surface area (Å²) >= 11 is 3.50. The SMILES string of the molecule is CNC(=O)[C@]1(C)CC[C@@H](Nc2ncc3c(Br)nn(-c4ccc(-c5ncco5)c(CO)c4)c3n2)C1. The fraction of sp³-hybridized carbons (Fsp3) is 0.348. The van der Waals surface area contributed by atoms with E-state index in [9.17, 15) is 9.90 Å². The fourth-order valence-corrected chi connectivity index (χ4v) is 5.02. The quantitative estimate of drug-likeness (QED) is 0.348. The van der Waals surface area contributed by atoms with E-state index in [4.69, 9.17) is 9.40 Å². The van der Waals surface area contributed by atoms with Gasteiger partial charge in [0.1, 0.15) is 10.9 Å². The number of aliphatic hydroxyl groups is 1. The van der Waals surface area contributed by atoms with Crippen LogP contribution in [-0.4, -0.2) is 48.8 Å². The summed E-state index contributed by atoms with van der Waals surface area (Å²) in [6, 6.07) is 5.64. The number of aliphatic hydroxyl groups excluding tert-OH is 1. The molecule has 176 valence electrons. The van der Waals surface area contributed by atoms with Crippen LogP contribution in [0.15, 0.2) is 45.9 Å². The van der Waals surface area contributed by atoms with Gasteiger partial charge in [0, 0.05) is 30.3 Å². The molecule has 5 rings (SSSR count). The number of amides is 1. The Kier molecular flexibility index (Phi) is 5.82. The predicted octanol–water partition coefficient (Wildman–Crippen LogP) is 3.44. The fourth-order valence-electron chi connectivity index (χ4n) is 4.58. The summed E-state index contributed by atoms with van der Waals surface area (Å²) in [5, 5.41) is 21.4. The van der Waals surface area contributed by atoms with Crippen molar-refractivity contribution in [3.8, 4) is 17.1 Å². The molecule has 0 unspecified atom stereocenters. The van der Waals surface area contributed by atoms with Gasteiger partial charge in [-0.15, -0.1) is 0 Å². The van der Waals surface area contributed by atoms with Gasteiger partial charge in [0.05, 0.1) is 23.9 Å². The van der Waals surface area contributed by atoms with Gasteiger partial charge in [-0.1, -0.05) is 6.92 Å². The lowest BCUT2D eigenvalue weighted by Crippen LogP contribution is -2.35. The molecule has 1 aliphatic carbocycles. The summed E-state index contributed by atoms with van der Waals surface area (Å²) in [7, 11) is 1.67. The van der Waals surface area contributed by atoms with Crippen LogP contribution in [0.4, 0.5) is 5.95 Å². The van der Waals surface area contributed by atoms with Gasteiger partial charge in [-0.05, 0) is 59.0 Å². The number of nitrogens with zero attached hydrogens (tertiary/aromatic N) is 5. The van der Waals surface area contributed by atoms with Gasteiger partial charge < -0.3 is 20.2 Å². The Morgan fingerprint density at radius 2 is 2.24 bits per heavy atom. The minimum Gasteiger partial charge on any atom is -0.445 e. The lowest BCUT2D eigenvalue weighted by molar-refractivity contribution is -0.129. The number of nitrogens with one attached hydrogen (secondary N) is 2. The summed E-state index contributed by atoms with van der Waals surface area (Å²) in [5.41, 5.74) is 2.32. The Morgan fingerprint density at radius 3 is 2.97 bits per heavy atom. The number of carbonyl (C=O) groups is 1. The van der Waals surface area contributed by atoms with E-state index < -0.39 is 5.41 Å². The van der Waals surface area contributed by atoms with Gasteiger partial charge in [0.25, 0.3) is 0 Å². The molecule has 3 aromatic heterocycles. The third-order valence-corrected chi connectivity index (χ3v) is 6.98. The van der Waals surface area contributed by atoms with Crippen LogP contribution in [0.25, 0.3) is 28.2 Å². The Labute approximate surface area is 203 Å². The second-order valence-electron chi connectivity index (χ2n) is 8.69. The van der Waals surface area contributed by atoms with E-state index in [0.717, 1.165) is 23.9 Å². The second-order valence-corrected chi connectivity index (χ2v) is 9.45. The van der Waals surface area contributed by atoms with E-state index in [-0.39, 0.29) is 18.6 Å². The number of hydrogen-bond donors (Lipinski definition) is 3. The number of aromatic nitrogens is 5. The highest BCUT2D eigenvalue weighted by molar-refractivity contribution is 9.10. The maximum absolute atomic E-state index is 12.2. The van der Waals surface area contributed by atoms with Crippen molar-refractivity contribution in [1.82, 2.24) is 30.0 Å². The van der Waals surface area contributed by atoms with Crippen LogP contribution in [-0.2, 0) is 11.4 Å². The summed E-state index contributed by atoms with van der Waals surface area (Å²) < 4.78 is 7.71. The average molecular weight is 526 g/mol. The molecule has 4 aromatic rings. The van der Waals surface area contributed by atoms with Crippen LogP contribution in [0.1, 0.15) is 31.7 Å². The lowest BCUT2D eigenvalue weighted by atomic mass is 9.87. The van der Waals surface area contributed by atoms with Gasteiger partial charge in [0.2, 0.25) is 17.7 Å². The normalized spacial score (nSPS) is 20.1. The summed E-state index contributed by atoms with van der Waals surface area (Å²) in [5.74, 6) is 0.977. The molecule has 0 saturated heterocycles. The van der Waals surface area contributed by atoms with Crippen LogP contribution in [0.3, 0.4) is 0 Å². The van der Waals surface area contributed by atoms with Crippen LogP contribution >= 0.6 is 15.9 Å². The third kappa shape index (κ3) is 3.94. The van der Waals surface area contributed by atoms with Gasteiger partial charge in [-0.25, -0.2) is 14.6 Å². The molecule has 0 spiro atoms. The van der Waals surface area contributed by atoms with Crippen molar-refractivity contribution in [3.05, 3.63) is 47.0 Å². The smallest absolute Gasteiger partial charge is 0.226 e. The molecule has 1 saturated carbocycles. The average Bonchev–Trinajstić information content (AvgIpc) is 3.58. The Balaban J connectivity index is 1.47. The van der Waals surface area contributed by atoms with Gasteiger partial charge >= 0.3 is 0 Å². The largest absolute Gasteiger partial charge is 0.445 e. The Morgan fingerprint density at radius 1 is 1.38 bits per heavy atom. The van der Waals surface area contributed by atoms with Crippen molar-refractivity contribution in [3.63, 3.8) is 0 Å². The monoisotopic (exact) mass is 525 g/mol. The van der Waals surface area contributed by atoms with Crippen LogP contribution < -0.4 is 10.6 Å². The van der Waals surface area contributed by atoms with Crippen molar-refractivity contribution >= 4 is 38.8 Å². The molecule has 1 aromatic carbocycles. The first-order chi connectivity index (χ1) is 16.4. The maximum atomic E-state index is 12.2. The van der Waals surface area contributed by atoms with Crippen molar-refractivity contribution in [2.24, 2.45) is 5.41 Å². The minimum atomic E-state index is -0.396. The molecule has 0 radical (unpaired) electrons. The number of fused-ring (bicyclic) bond motifs is 1. The molecule has 1 aliphatic rings. The summed E-state index contributed by atoms with van der Waals surface area (Å²) in [6.45, 7) is 1.81. The summed E-state index contributed by atoms with van der Waals surface area (Å²) in [4.78, 5) is 25.6. The molecule has 3 N–H and O–H groups in total. The van der Waals surface area contributed by atoms with E-state index in [0.29, 0.717) is 39.6 Å². The highest BCUT2D eigenvalue weighted by Gasteiger charge is 2.41. The Bertz CT molecular complexity index is 1350. The van der Waals surface area contributed by atoms with E-state index in [1.165, 1.54) is 6.26 Å². The molecule has 3 heterocycles. The van der Waals surface area contributed by atoms with Crippen molar-refractivity contribution < 1.29 is 14.3 Å². The van der Waals surface area contributed by atoms with Gasteiger partial charge in [0.15, 0.2) is 5.65 Å². The molecule has 0 bridgehead atoms. The third-order valence-electron chi connectivity index (χ3n) is 6.40. The molecule has 11 heteroatoms. The zero-order chi connectivity index (χ0) is 23.9. The first kappa shape index (κ1) is 22.5. The number of oxazole rings is 1. The molecule has 10 nitrogen and oxygen atoms in total. The maximum Gasteiger partial charge on any atom is 0.226 e. The number of benzene rings is 1. The van der Waals surface area contributed by atoms with E-state index in [1.807, 2.05) is 25.1 Å². The molecule has 0 aliphatic heterocycles. The van der Waals surface area contributed by atoms with Crippen LogP contribution in [0.2, 0.25) is 0 Å². The number of hydrogen-bond acceptors (Lipinski definition) is 8. The van der Waals surface area contributed by atoms with Crippen LogP contribution in [0, 0.1) is 5.41 Å². The number of halogens is 1. The first-order valence-corrected chi connectivity index (χ1v) is 11.7. The predicted molar refractivity (Wildman–Crippen MR) is 129 cm³/mol. The highest BCUT2D eigenvalue weighted by atomic mass is 79.9. The number of rotatable bonds is 6. The molecule has 34 heavy (non-hydrogen) atoms. The van der Waals surface area contributed by atoms with Crippen molar-refractivity contribution in [1.29, 1.82) is 0 Å². The lowest BCUT2D eigenvalue weighted by Gasteiger charge is -2.22. The van der Waals surface area contributed by atoms with Crippen LogP contribution in [0.5, 0.6) is 0 Å². The molecule has 2 atom stereocenters. The van der Waals surface area contributed by atoms with Crippen molar-refractivity contribution in [2.75, 3.05) is 12.4 Å². The van der Waals surface area contributed by atoms with Gasteiger partial charge in [-0.3, -0.25) is 4.79 Å². The number of carbonyl (C=O) groups excluding carboxylic acids is 1. The Hall–Kier alpha value is -3.31. The molecular formula is C23H24BrN7O3. The van der Waals surface area contributed by atoms with Crippen molar-refractivity contribution in [2.45, 2.75) is 38.8 Å². The van der Waals surface area contributed by atoms with E-state index in [1.54, 1.807) is 24.1 Å². The zero-order valence-electron chi connectivity index (χ0n) is 18.7. The van der Waals surface area contributed by atoms with E-state index in [2.05, 4.69) is 41.6 Å². The van der Waals surface area contributed by atoms with E-state index >= 15 is 0 Å². The number of anilines is 1. The summed E-state index contributed by atoms with van der Waals surface area (Å²) in [6.07, 6.45) is 7.15. The van der Waals surface area contributed by atoms with Gasteiger partial charge in [-0.2, -0.15) is 10.1 Å². The second kappa shape index (κ2) is 8.80. The topological polar surface area (TPSA) is 131 Å². The first-order valence-electron chi connectivity index (χ1n) is 11.0. The molecular weight excluding hydrogens is 502 g/mol. The molecule has 1 fully saturated rings. The zero-order valence-corrected chi connectivity index (χ0v) is 20.3. The standard InChI is InChI=1S/C23H24BrN7O3/c1-23(21(33)25-2)6-5-14(10-23)28-22-27-11-17-18(24)30-31(19(17)29-22)15-3-4-16(13(9-15)12-32)20-26-7-8-34-20/h3-4,7-9,11,14,32H,5-6,10,12H2,1-2H3,(H,25,33)(H,27,28,29)/t14-,23-/m1/s1. The molecule has 1 amide bonds. The minimum absolute atomic E-state index is 0.0584. The highest BCUT2D eigenvalue weighted by Crippen LogP contribution is 2.39.